The van der Waals surface area contributed by atoms with E-state index in [1.807, 2.05) is 18.0 Å². The average Bonchev–Trinajstić information content (AvgIpc) is 3.08. The van der Waals surface area contributed by atoms with Crippen molar-refractivity contribution in [3.8, 4) is 0 Å². The molecule has 2 aliphatic heterocycles. The molecule has 0 spiro atoms. The van der Waals surface area contributed by atoms with E-state index in [1.165, 1.54) is 0 Å². The van der Waals surface area contributed by atoms with Gasteiger partial charge in [-0.05, 0) is 26.3 Å². The van der Waals surface area contributed by atoms with Gasteiger partial charge < -0.3 is 14.6 Å². The van der Waals surface area contributed by atoms with Gasteiger partial charge in [-0.2, -0.15) is 0 Å². The third kappa shape index (κ3) is 2.88. The van der Waals surface area contributed by atoms with Crippen LogP contribution in [0.5, 0.6) is 0 Å². The number of likely N-dealkylation sites (N-methyl/N-ethyl adjacent to an activating group) is 1. The summed E-state index contributed by atoms with van der Waals surface area (Å²) in [5.41, 5.74) is 0.842. The number of ether oxygens (including phenoxy) is 1. The van der Waals surface area contributed by atoms with Crippen molar-refractivity contribution < 1.29 is 9.53 Å². The molecule has 3 heterocycles. The normalized spacial score (nSPS) is 23.5. The first-order valence-corrected chi connectivity index (χ1v) is 8.06. The lowest BCUT2D eigenvalue weighted by Gasteiger charge is -2.40. The topological polar surface area (TPSA) is 61.5 Å². The van der Waals surface area contributed by atoms with Crippen LogP contribution in [-0.2, 0) is 9.53 Å². The molecule has 120 valence electrons. The highest BCUT2D eigenvalue weighted by atomic mass is 16.5. The molecule has 1 atom stereocenters. The van der Waals surface area contributed by atoms with E-state index in [4.69, 9.17) is 4.74 Å². The van der Waals surface area contributed by atoms with E-state index in [0.717, 1.165) is 56.2 Å². The lowest BCUT2D eigenvalue weighted by Crippen LogP contribution is -2.51. The highest BCUT2D eigenvalue weighted by molar-refractivity contribution is 5.94. The summed E-state index contributed by atoms with van der Waals surface area (Å²) in [5.74, 6) is 1.86. The molecule has 1 fully saturated rings. The molecule has 1 N–H and O–H groups in total. The Morgan fingerprint density at radius 2 is 2.36 bits per heavy atom. The van der Waals surface area contributed by atoms with Gasteiger partial charge in [-0.25, -0.2) is 4.98 Å². The summed E-state index contributed by atoms with van der Waals surface area (Å²) in [6, 6.07) is 0.142. The van der Waals surface area contributed by atoms with Gasteiger partial charge in [0.1, 0.15) is 11.6 Å². The number of nitrogens with zero attached hydrogens (tertiary/aromatic N) is 3. The van der Waals surface area contributed by atoms with E-state index in [9.17, 15) is 4.79 Å². The predicted octanol–water partition coefficient (Wildman–Crippen LogP) is 1.70. The van der Waals surface area contributed by atoms with Crippen LogP contribution in [0.25, 0.3) is 0 Å². The van der Waals surface area contributed by atoms with E-state index in [1.54, 1.807) is 6.20 Å². The van der Waals surface area contributed by atoms with Gasteiger partial charge in [-0.1, -0.05) is 6.92 Å². The fourth-order valence-corrected chi connectivity index (χ4v) is 3.29. The number of H-pyrrole nitrogens is 1. The second-order valence-corrected chi connectivity index (χ2v) is 5.86. The first kappa shape index (κ1) is 15.1. The number of hydrogen-bond acceptors (Lipinski definition) is 4. The molecule has 22 heavy (non-hydrogen) atoms. The quantitative estimate of drug-likeness (QED) is 0.923. The van der Waals surface area contributed by atoms with Crippen molar-refractivity contribution in [2.75, 3.05) is 32.8 Å². The molecular weight excluding hydrogens is 280 g/mol. The Morgan fingerprint density at radius 3 is 3.05 bits per heavy atom. The lowest BCUT2D eigenvalue weighted by atomic mass is 10.0. The Bertz CT molecular complexity index is 553. The number of allylic oxidation sites excluding steroid dienone is 1. The summed E-state index contributed by atoms with van der Waals surface area (Å²) < 4.78 is 5.55. The molecule has 3 rings (SSSR count). The van der Waals surface area contributed by atoms with Crippen LogP contribution in [0.3, 0.4) is 0 Å². The number of amides is 1. The monoisotopic (exact) mass is 304 g/mol. The molecule has 6 nitrogen and oxygen atoms in total. The van der Waals surface area contributed by atoms with Crippen molar-refractivity contribution in [3.63, 3.8) is 0 Å². The first-order valence-electron chi connectivity index (χ1n) is 8.06. The standard InChI is InChI=1S/C16H24N4O2/c1-3-19-8-9-20(11-14(19)15-17-6-7-18-15)16(21)13-5-4-10-22-12(13)2/h6-7,14H,3-5,8-11H2,1-2H3,(H,17,18)/t14-/m0/s1. The molecule has 1 aromatic heterocycles. The molecule has 1 amide bonds. The van der Waals surface area contributed by atoms with E-state index in [0.29, 0.717) is 6.54 Å². The maximum absolute atomic E-state index is 12.8. The summed E-state index contributed by atoms with van der Waals surface area (Å²) >= 11 is 0. The number of rotatable bonds is 3. The number of aromatic nitrogens is 2. The Balaban J connectivity index is 1.77. The fourth-order valence-electron chi connectivity index (χ4n) is 3.29. The molecule has 0 aliphatic carbocycles. The number of carbonyl (C=O) groups excluding carboxylic acids is 1. The number of aromatic amines is 1. The van der Waals surface area contributed by atoms with Crippen molar-refractivity contribution in [2.45, 2.75) is 32.7 Å². The smallest absolute Gasteiger partial charge is 0.253 e. The van der Waals surface area contributed by atoms with Crippen molar-refractivity contribution in [1.82, 2.24) is 19.8 Å². The Labute approximate surface area is 131 Å². The third-order valence-corrected chi connectivity index (χ3v) is 4.59. The summed E-state index contributed by atoms with van der Waals surface area (Å²) in [5, 5.41) is 0. The van der Waals surface area contributed by atoms with E-state index in [2.05, 4.69) is 21.8 Å². The summed E-state index contributed by atoms with van der Waals surface area (Å²) in [4.78, 5) is 24.7. The van der Waals surface area contributed by atoms with Crippen LogP contribution in [0.4, 0.5) is 0 Å². The van der Waals surface area contributed by atoms with Crippen molar-refractivity contribution in [3.05, 3.63) is 29.6 Å². The van der Waals surface area contributed by atoms with Gasteiger partial charge in [0.2, 0.25) is 0 Å². The Hall–Kier alpha value is -1.82. The molecule has 0 bridgehead atoms. The Morgan fingerprint density at radius 1 is 1.50 bits per heavy atom. The zero-order valence-corrected chi connectivity index (χ0v) is 13.3. The lowest BCUT2D eigenvalue weighted by molar-refractivity contribution is -0.131. The largest absolute Gasteiger partial charge is 0.498 e. The molecule has 0 unspecified atom stereocenters. The zero-order valence-electron chi connectivity index (χ0n) is 13.3. The Kier molecular flexibility index (Phi) is 4.47. The third-order valence-electron chi connectivity index (χ3n) is 4.59. The highest BCUT2D eigenvalue weighted by Gasteiger charge is 2.33. The first-order chi connectivity index (χ1) is 10.7. The molecule has 0 saturated carbocycles. The zero-order chi connectivity index (χ0) is 15.5. The minimum atomic E-state index is 0.129. The second kappa shape index (κ2) is 6.52. The minimum absolute atomic E-state index is 0.129. The molecule has 1 aromatic rings. The molecular formula is C16H24N4O2. The minimum Gasteiger partial charge on any atom is -0.498 e. The van der Waals surface area contributed by atoms with Crippen LogP contribution in [0.1, 0.15) is 38.6 Å². The summed E-state index contributed by atoms with van der Waals surface area (Å²) in [7, 11) is 0. The number of nitrogens with one attached hydrogen (secondary N) is 1. The van der Waals surface area contributed by atoms with Crippen molar-refractivity contribution in [1.29, 1.82) is 0 Å². The number of hydrogen-bond donors (Lipinski definition) is 1. The SMILES string of the molecule is CCN1CCN(C(=O)C2=C(C)OCCC2)C[C@H]1c1ncc[nH]1. The van der Waals surface area contributed by atoms with E-state index in [-0.39, 0.29) is 11.9 Å². The van der Waals surface area contributed by atoms with Gasteiger partial charge in [0.25, 0.3) is 5.91 Å². The van der Waals surface area contributed by atoms with Gasteiger partial charge in [0.05, 0.1) is 18.2 Å². The molecule has 6 heteroatoms. The maximum Gasteiger partial charge on any atom is 0.253 e. The highest BCUT2D eigenvalue weighted by Crippen LogP contribution is 2.26. The van der Waals surface area contributed by atoms with Crippen LogP contribution >= 0.6 is 0 Å². The van der Waals surface area contributed by atoms with E-state index < -0.39 is 0 Å². The number of carbonyl (C=O) groups is 1. The van der Waals surface area contributed by atoms with E-state index >= 15 is 0 Å². The van der Waals surface area contributed by atoms with Gasteiger partial charge in [0.15, 0.2) is 0 Å². The molecule has 0 radical (unpaired) electrons. The second-order valence-electron chi connectivity index (χ2n) is 5.86. The van der Waals surface area contributed by atoms with Crippen LogP contribution in [-0.4, -0.2) is 58.5 Å². The van der Waals surface area contributed by atoms with Crippen LogP contribution in [0.2, 0.25) is 0 Å². The van der Waals surface area contributed by atoms with Gasteiger partial charge in [0, 0.05) is 32.0 Å². The van der Waals surface area contributed by atoms with Crippen LogP contribution < -0.4 is 0 Å². The average molecular weight is 304 g/mol. The number of piperazine rings is 1. The van der Waals surface area contributed by atoms with Crippen molar-refractivity contribution >= 4 is 5.91 Å². The predicted molar refractivity (Wildman–Crippen MR) is 83.0 cm³/mol. The maximum atomic E-state index is 12.8. The van der Waals surface area contributed by atoms with Gasteiger partial charge in [-0.3, -0.25) is 9.69 Å². The summed E-state index contributed by atoms with van der Waals surface area (Å²) in [6.45, 7) is 8.05. The van der Waals surface area contributed by atoms with Crippen molar-refractivity contribution in [2.24, 2.45) is 0 Å². The van der Waals surface area contributed by atoms with Gasteiger partial charge in [-0.15, -0.1) is 0 Å². The van der Waals surface area contributed by atoms with Crippen LogP contribution in [0.15, 0.2) is 23.7 Å². The summed E-state index contributed by atoms with van der Waals surface area (Å²) in [6.07, 6.45) is 5.36. The molecule has 0 aromatic carbocycles. The molecule has 1 saturated heterocycles. The number of imidazole rings is 1. The van der Waals surface area contributed by atoms with Crippen LogP contribution in [0, 0.1) is 0 Å². The van der Waals surface area contributed by atoms with Gasteiger partial charge >= 0.3 is 0 Å². The fraction of sp³-hybridized carbons (Fsp3) is 0.625. The molecule has 2 aliphatic rings.